The van der Waals surface area contributed by atoms with E-state index in [0.717, 1.165) is 6.20 Å². The number of rotatable bonds is 5. The third kappa shape index (κ3) is 3.63. The molecule has 28 heavy (non-hydrogen) atoms. The number of carbonyl (C=O) groups is 1. The van der Waals surface area contributed by atoms with Crippen molar-refractivity contribution in [2.45, 2.75) is 11.5 Å². The van der Waals surface area contributed by atoms with Crippen molar-refractivity contribution in [1.82, 2.24) is 3.97 Å². The van der Waals surface area contributed by atoms with Crippen molar-refractivity contribution in [1.29, 1.82) is 5.26 Å². The van der Waals surface area contributed by atoms with Gasteiger partial charge in [0.15, 0.2) is 11.6 Å². The lowest BCUT2D eigenvalue weighted by atomic mass is 10.2. The lowest BCUT2D eigenvalue weighted by molar-refractivity contribution is 0.0464. The highest BCUT2D eigenvalue weighted by Gasteiger charge is 2.26. The number of ether oxygens (including phenoxy) is 1. The molecule has 3 rings (SSSR count). The summed E-state index contributed by atoms with van der Waals surface area (Å²) in [6, 6.07) is 13.8. The molecule has 0 saturated carbocycles. The second-order valence-electron chi connectivity index (χ2n) is 5.63. The summed E-state index contributed by atoms with van der Waals surface area (Å²) in [6.07, 6.45) is 1.07. The van der Waals surface area contributed by atoms with Crippen LogP contribution in [0.1, 0.15) is 21.6 Å². The average molecular weight is 402 g/mol. The zero-order valence-corrected chi connectivity index (χ0v) is 15.0. The number of hydrogen-bond donors (Lipinski definition) is 0. The Morgan fingerprint density at radius 3 is 2.50 bits per heavy atom. The molecule has 0 amide bonds. The van der Waals surface area contributed by atoms with Crippen molar-refractivity contribution >= 4 is 16.0 Å². The number of hydrogen-bond acceptors (Lipinski definition) is 5. The van der Waals surface area contributed by atoms with Gasteiger partial charge < -0.3 is 4.74 Å². The van der Waals surface area contributed by atoms with Gasteiger partial charge in [0, 0.05) is 6.20 Å². The molecule has 0 aliphatic heterocycles. The molecule has 0 bridgehead atoms. The zero-order chi connectivity index (χ0) is 20.3. The molecule has 142 valence electrons. The highest BCUT2D eigenvalue weighted by atomic mass is 32.2. The third-order valence-electron chi connectivity index (χ3n) is 3.81. The molecule has 9 heteroatoms. The fourth-order valence-electron chi connectivity index (χ4n) is 2.44. The Hall–Kier alpha value is -3.51. The van der Waals surface area contributed by atoms with Crippen molar-refractivity contribution in [2.24, 2.45) is 0 Å². The van der Waals surface area contributed by atoms with Crippen LogP contribution < -0.4 is 0 Å². The summed E-state index contributed by atoms with van der Waals surface area (Å²) in [7, 11) is -4.47. The molecule has 0 aliphatic carbocycles. The molecule has 0 spiro atoms. The smallest absolute Gasteiger partial charge is 0.356 e. The lowest BCUT2D eigenvalue weighted by Crippen LogP contribution is -2.19. The van der Waals surface area contributed by atoms with Gasteiger partial charge in [-0.25, -0.2) is 26.0 Å². The van der Waals surface area contributed by atoms with Crippen molar-refractivity contribution in [3.8, 4) is 6.07 Å². The Kier molecular flexibility index (Phi) is 5.24. The molecule has 0 aliphatic rings. The van der Waals surface area contributed by atoms with E-state index in [4.69, 9.17) is 10.00 Å². The summed E-state index contributed by atoms with van der Waals surface area (Å²) in [5, 5.41) is 8.85. The van der Waals surface area contributed by atoms with Crippen LogP contribution in [0.5, 0.6) is 0 Å². The molecular weight excluding hydrogens is 390 g/mol. The van der Waals surface area contributed by atoms with Gasteiger partial charge in [-0.15, -0.1) is 0 Å². The van der Waals surface area contributed by atoms with Gasteiger partial charge >= 0.3 is 5.97 Å². The van der Waals surface area contributed by atoms with E-state index in [2.05, 4.69) is 0 Å². The number of aromatic nitrogens is 1. The quantitative estimate of drug-likeness (QED) is 0.612. The molecule has 0 unspecified atom stereocenters. The number of carbonyl (C=O) groups excluding carboxylic acids is 1. The molecule has 1 heterocycles. The van der Waals surface area contributed by atoms with E-state index in [1.54, 1.807) is 30.3 Å². The van der Waals surface area contributed by atoms with Crippen LogP contribution in [0.25, 0.3) is 0 Å². The van der Waals surface area contributed by atoms with Crippen molar-refractivity contribution in [3.63, 3.8) is 0 Å². The molecule has 2 aromatic carbocycles. The molecule has 0 fully saturated rings. The average Bonchev–Trinajstić information content (AvgIpc) is 3.19. The van der Waals surface area contributed by atoms with E-state index < -0.39 is 38.1 Å². The second-order valence-corrected chi connectivity index (χ2v) is 7.45. The third-order valence-corrected chi connectivity index (χ3v) is 5.48. The van der Waals surface area contributed by atoms with Gasteiger partial charge in [0.25, 0.3) is 10.0 Å². The second kappa shape index (κ2) is 7.62. The van der Waals surface area contributed by atoms with E-state index in [-0.39, 0.29) is 12.3 Å². The maximum absolute atomic E-state index is 13.7. The summed E-state index contributed by atoms with van der Waals surface area (Å²) in [5.74, 6) is -3.85. The first-order valence-corrected chi connectivity index (χ1v) is 9.31. The number of nitrogens with zero attached hydrogens (tertiary/aromatic N) is 2. The van der Waals surface area contributed by atoms with E-state index >= 15 is 0 Å². The topological polar surface area (TPSA) is 89.2 Å². The molecule has 0 saturated heterocycles. The predicted octanol–water partition coefficient (Wildman–Crippen LogP) is 3.23. The fourth-order valence-corrected chi connectivity index (χ4v) is 3.81. The van der Waals surface area contributed by atoms with Gasteiger partial charge in [-0.05, 0) is 29.8 Å². The van der Waals surface area contributed by atoms with E-state index in [1.807, 2.05) is 0 Å². The van der Waals surface area contributed by atoms with Crippen LogP contribution in [0, 0.1) is 23.0 Å². The standard InChI is InChI=1S/C19H12F2N2O4S/c20-16-10-15(9-14(11-22)18(16)21)28(25,26)23-8-4-7-17(23)19(24)27-12-13-5-2-1-3-6-13/h1-10H,12H2. The van der Waals surface area contributed by atoms with Crippen molar-refractivity contribution < 1.29 is 26.7 Å². The van der Waals surface area contributed by atoms with Gasteiger partial charge in [-0.3, -0.25) is 0 Å². The van der Waals surface area contributed by atoms with Gasteiger partial charge in [0.05, 0.1) is 10.5 Å². The number of benzene rings is 2. The first kappa shape index (κ1) is 19.3. The minimum atomic E-state index is -4.47. The van der Waals surface area contributed by atoms with Crippen LogP contribution in [-0.2, 0) is 21.4 Å². The molecule has 1 aromatic heterocycles. The van der Waals surface area contributed by atoms with Gasteiger partial charge in [0.1, 0.15) is 18.4 Å². The molecule has 0 N–H and O–H groups in total. The Morgan fingerprint density at radius 1 is 1.11 bits per heavy atom. The first-order chi connectivity index (χ1) is 13.3. The zero-order valence-electron chi connectivity index (χ0n) is 14.2. The number of nitriles is 1. The molecule has 3 aromatic rings. The van der Waals surface area contributed by atoms with E-state index in [0.29, 0.717) is 21.7 Å². The van der Waals surface area contributed by atoms with Gasteiger partial charge in [-0.1, -0.05) is 30.3 Å². The molecule has 0 atom stereocenters. The first-order valence-electron chi connectivity index (χ1n) is 7.87. The Balaban J connectivity index is 1.93. The van der Waals surface area contributed by atoms with E-state index in [1.165, 1.54) is 18.2 Å². The largest absolute Gasteiger partial charge is 0.456 e. The Labute approximate surface area is 159 Å². The van der Waals surface area contributed by atoms with Gasteiger partial charge in [0.2, 0.25) is 0 Å². The van der Waals surface area contributed by atoms with Crippen LogP contribution in [-0.4, -0.2) is 18.4 Å². The molecule has 6 nitrogen and oxygen atoms in total. The summed E-state index contributed by atoms with van der Waals surface area (Å²) in [5.41, 5.74) is -0.380. The highest BCUT2D eigenvalue weighted by Crippen LogP contribution is 2.22. The summed E-state index contributed by atoms with van der Waals surface area (Å²) < 4.78 is 58.5. The normalized spacial score (nSPS) is 11.0. The van der Waals surface area contributed by atoms with E-state index in [9.17, 15) is 22.0 Å². The van der Waals surface area contributed by atoms with Crippen LogP contribution in [0.3, 0.4) is 0 Å². The lowest BCUT2D eigenvalue weighted by Gasteiger charge is -2.11. The Morgan fingerprint density at radius 2 is 1.82 bits per heavy atom. The fraction of sp³-hybridized carbons (Fsp3) is 0.0526. The molecule has 0 radical (unpaired) electrons. The van der Waals surface area contributed by atoms with Gasteiger partial charge in [-0.2, -0.15) is 5.26 Å². The SMILES string of the molecule is N#Cc1cc(S(=O)(=O)n2cccc2C(=O)OCc2ccccc2)cc(F)c1F. The minimum Gasteiger partial charge on any atom is -0.456 e. The predicted molar refractivity (Wildman–Crippen MR) is 93.7 cm³/mol. The molecular formula is C19H12F2N2O4S. The summed E-state index contributed by atoms with van der Waals surface area (Å²) >= 11 is 0. The van der Waals surface area contributed by atoms with Crippen molar-refractivity contribution in [2.75, 3.05) is 0 Å². The monoisotopic (exact) mass is 402 g/mol. The highest BCUT2D eigenvalue weighted by molar-refractivity contribution is 7.90. The maximum Gasteiger partial charge on any atom is 0.356 e. The van der Waals surface area contributed by atoms with Crippen LogP contribution in [0.2, 0.25) is 0 Å². The minimum absolute atomic E-state index is 0.0747. The summed E-state index contributed by atoms with van der Waals surface area (Å²) in [4.78, 5) is 11.7. The van der Waals surface area contributed by atoms with Crippen LogP contribution in [0.15, 0.2) is 65.7 Å². The number of halogens is 2. The maximum atomic E-state index is 13.7. The Bertz CT molecular complexity index is 1180. The van der Waals surface area contributed by atoms with Crippen LogP contribution in [0.4, 0.5) is 8.78 Å². The van der Waals surface area contributed by atoms with Crippen molar-refractivity contribution in [3.05, 3.63) is 89.2 Å². The van der Waals surface area contributed by atoms with Crippen LogP contribution >= 0.6 is 0 Å². The number of esters is 1. The summed E-state index contributed by atoms with van der Waals surface area (Å²) in [6.45, 7) is -0.0747.